The van der Waals surface area contributed by atoms with Crippen molar-refractivity contribution in [1.82, 2.24) is 4.90 Å². The van der Waals surface area contributed by atoms with Gasteiger partial charge in [0.2, 0.25) is 11.8 Å². The molecule has 4 aliphatic rings. The number of Topliss-reactive ketones (excluding diaryl/α,β-unsaturated/α-hetero) is 1. The minimum Gasteiger partial charge on any atom is -0.376 e. The lowest BCUT2D eigenvalue weighted by Gasteiger charge is -2.48. The molecule has 50 heavy (non-hydrogen) atoms. The molecule has 4 bridgehead atoms. The van der Waals surface area contributed by atoms with Gasteiger partial charge >= 0.3 is 0 Å². The highest BCUT2D eigenvalue weighted by Gasteiger charge is 2.83. The maximum absolute atomic E-state index is 15.0. The van der Waals surface area contributed by atoms with E-state index in [0.717, 1.165) is 16.7 Å². The summed E-state index contributed by atoms with van der Waals surface area (Å²) in [5.74, 6) is -1.74. The first-order chi connectivity index (χ1) is 24.4. The molecule has 8 heteroatoms. The van der Waals surface area contributed by atoms with Crippen LogP contribution in [0.3, 0.4) is 0 Å². The van der Waals surface area contributed by atoms with Crippen LogP contribution in [0, 0.1) is 23.2 Å². The molecule has 8 rings (SSSR count). The van der Waals surface area contributed by atoms with Crippen LogP contribution in [0.5, 0.6) is 0 Å². The maximum atomic E-state index is 15.0. The van der Waals surface area contributed by atoms with E-state index < -0.39 is 28.4 Å². The van der Waals surface area contributed by atoms with Crippen LogP contribution in [-0.4, -0.2) is 63.1 Å². The first-order valence-corrected chi connectivity index (χ1v) is 17.3. The highest BCUT2D eigenvalue weighted by Crippen LogP contribution is 2.72. The summed E-state index contributed by atoms with van der Waals surface area (Å²) in [4.78, 5) is 48.3. The Kier molecular flexibility index (Phi) is 8.01. The zero-order valence-electron chi connectivity index (χ0n) is 28.7. The molecular weight excluding hydrogens is 628 g/mol. The molecule has 8 nitrogen and oxygen atoms in total. The second-order valence-electron chi connectivity index (χ2n) is 14.2. The first kappa shape index (κ1) is 32.6. The molecule has 2 aliphatic heterocycles. The van der Waals surface area contributed by atoms with E-state index in [9.17, 15) is 4.79 Å². The van der Waals surface area contributed by atoms with E-state index in [-0.39, 0.29) is 49.2 Å². The lowest BCUT2D eigenvalue weighted by Crippen LogP contribution is -2.62. The number of ether oxygens (including phenoxy) is 3. The number of piperidine rings is 1. The van der Waals surface area contributed by atoms with E-state index in [0.29, 0.717) is 24.3 Å². The van der Waals surface area contributed by atoms with Crippen LogP contribution in [0.4, 0.5) is 5.69 Å². The van der Waals surface area contributed by atoms with Crippen molar-refractivity contribution in [3.63, 3.8) is 0 Å². The van der Waals surface area contributed by atoms with Gasteiger partial charge in [-0.2, -0.15) is 0 Å². The number of carbonyl (C=O) groups is 3. The Balaban J connectivity index is 1.32. The number of ketones is 1. The number of para-hydroxylation sites is 1. The van der Waals surface area contributed by atoms with Crippen LogP contribution in [0.25, 0.3) is 0 Å². The number of amides is 2. The van der Waals surface area contributed by atoms with Crippen molar-refractivity contribution < 1.29 is 28.6 Å². The fourth-order valence-corrected chi connectivity index (χ4v) is 10.4. The topological polar surface area (TPSA) is 85.4 Å². The molecule has 0 unspecified atom stereocenters. The van der Waals surface area contributed by atoms with E-state index >= 15 is 9.59 Å². The van der Waals surface area contributed by atoms with Gasteiger partial charge in [0.15, 0.2) is 5.78 Å². The zero-order valence-corrected chi connectivity index (χ0v) is 28.7. The molecule has 2 amide bonds. The third kappa shape index (κ3) is 4.31. The Labute approximate surface area is 292 Å². The van der Waals surface area contributed by atoms with Crippen molar-refractivity contribution in [3.8, 4) is 0 Å². The predicted molar refractivity (Wildman–Crippen MR) is 188 cm³/mol. The Morgan fingerprint density at radius 3 is 2.00 bits per heavy atom. The third-order valence-electron chi connectivity index (χ3n) is 12.3. The van der Waals surface area contributed by atoms with Crippen molar-refractivity contribution in [2.75, 3.05) is 39.5 Å². The number of rotatable bonds is 11. The second-order valence-corrected chi connectivity index (χ2v) is 14.2. The fourth-order valence-electron chi connectivity index (χ4n) is 10.4. The van der Waals surface area contributed by atoms with E-state index in [1.54, 1.807) is 19.1 Å². The second kappa shape index (κ2) is 12.3. The predicted octanol–water partition coefficient (Wildman–Crippen LogP) is 5.73. The molecule has 1 spiro atoms. The molecule has 2 heterocycles. The molecular formula is C42H42N2O6. The first-order valence-electron chi connectivity index (χ1n) is 17.3. The number of fused-ring (bicyclic) bond motifs is 2. The number of hydrogen-bond acceptors (Lipinski definition) is 6. The summed E-state index contributed by atoms with van der Waals surface area (Å²) in [6, 6.07) is 37.3. The molecule has 4 aromatic carbocycles. The van der Waals surface area contributed by atoms with Crippen LogP contribution in [-0.2, 0) is 46.2 Å². The molecule has 2 saturated carbocycles. The Bertz CT molecular complexity index is 1880. The molecule has 0 N–H and O–H groups in total. The van der Waals surface area contributed by atoms with Gasteiger partial charge in [0.05, 0.1) is 24.3 Å². The lowest BCUT2D eigenvalue weighted by atomic mass is 9.52. The molecule has 3 fully saturated rings. The van der Waals surface area contributed by atoms with Crippen molar-refractivity contribution >= 4 is 23.3 Å². The summed E-state index contributed by atoms with van der Waals surface area (Å²) in [5, 5.41) is 0. The van der Waals surface area contributed by atoms with Crippen molar-refractivity contribution in [2.45, 2.75) is 36.5 Å². The van der Waals surface area contributed by atoms with Gasteiger partial charge in [-0.25, -0.2) is 0 Å². The van der Waals surface area contributed by atoms with E-state index in [1.807, 2.05) is 103 Å². The molecule has 2 aliphatic carbocycles. The van der Waals surface area contributed by atoms with Gasteiger partial charge in [-0.3, -0.25) is 19.3 Å². The Morgan fingerprint density at radius 2 is 1.38 bits per heavy atom. The van der Waals surface area contributed by atoms with Crippen molar-refractivity contribution in [3.05, 3.63) is 138 Å². The summed E-state index contributed by atoms with van der Waals surface area (Å²) >= 11 is 0. The van der Waals surface area contributed by atoms with Gasteiger partial charge in [-0.15, -0.1) is 0 Å². The molecule has 0 aromatic heterocycles. The SMILES string of the molecule is COCN1C(=O)[C@]2(C(=O)C[C@H]3[C@H](CC(OC)(c4ccccc4)c4ccccc4)[C@H]4[C@@H]2[C@]3(COCc2ccccc2)C(=O)N4C)c2ccccc21. The molecule has 1 saturated heterocycles. The number of carbonyl (C=O) groups excluding carboxylic acids is 3. The highest BCUT2D eigenvalue weighted by atomic mass is 16.5. The van der Waals surface area contributed by atoms with Crippen molar-refractivity contribution in [2.24, 2.45) is 23.2 Å². The summed E-state index contributed by atoms with van der Waals surface area (Å²) in [6.07, 6.45) is 0.582. The zero-order chi connectivity index (χ0) is 34.7. The smallest absolute Gasteiger partial charge is 0.247 e. The summed E-state index contributed by atoms with van der Waals surface area (Å²) < 4.78 is 18.7. The normalized spacial score (nSPS) is 28.2. The summed E-state index contributed by atoms with van der Waals surface area (Å²) in [5.41, 5.74) is 0.724. The van der Waals surface area contributed by atoms with Crippen LogP contribution in [0.15, 0.2) is 115 Å². The average Bonchev–Trinajstić information content (AvgIpc) is 3.61. The molecule has 256 valence electrons. The molecule has 6 atom stereocenters. The van der Waals surface area contributed by atoms with E-state index in [4.69, 9.17) is 14.2 Å². The number of benzene rings is 4. The van der Waals surface area contributed by atoms with Gasteiger partial charge in [0.1, 0.15) is 17.7 Å². The third-order valence-corrected chi connectivity index (χ3v) is 12.3. The highest BCUT2D eigenvalue weighted by molar-refractivity contribution is 6.24. The number of likely N-dealkylation sites (tertiary alicyclic amines) is 1. The molecule has 4 aromatic rings. The largest absolute Gasteiger partial charge is 0.376 e. The Morgan fingerprint density at radius 1 is 0.780 bits per heavy atom. The van der Waals surface area contributed by atoms with Crippen LogP contribution in [0.1, 0.15) is 35.1 Å². The van der Waals surface area contributed by atoms with Crippen LogP contribution >= 0.6 is 0 Å². The van der Waals surface area contributed by atoms with Gasteiger partial charge in [0, 0.05) is 39.6 Å². The summed E-state index contributed by atoms with van der Waals surface area (Å²) in [7, 11) is 5.12. The van der Waals surface area contributed by atoms with Gasteiger partial charge in [-0.05, 0) is 46.6 Å². The van der Waals surface area contributed by atoms with Gasteiger partial charge in [-0.1, -0.05) is 109 Å². The Hall–Kier alpha value is -4.63. The monoisotopic (exact) mass is 670 g/mol. The molecule has 0 radical (unpaired) electrons. The summed E-state index contributed by atoms with van der Waals surface area (Å²) in [6.45, 7) is 0.412. The van der Waals surface area contributed by atoms with Crippen LogP contribution in [0.2, 0.25) is 0 Å². The standard InChI is InChI=1S/C42H42N2O6/c1-43-36-31(24-41(49-3,29-17-9-5-10-18-29)30-19-11-6-12-20-30)33-23-35(45)42(32-21-13-14-22-34(32)44(27-48-2)39(42)47)37(36)40(33,38(43)46)26-50-25-28-15-7-4-8-16-28/h4-22,31,33,36-37H,23-27H2,1-3H3/t31-,33-,36-,37+,40+,42-/m0/s1. The minimum atomic E-state index is -1.56. The lowest BCUT2D eigenvalue weighted by molar-refractivity contribution is -0.161. The number of hydrogen-bond donors (Lipinski definition) is 0. The van der Waals surface area contributed by atoms with E-state index in [1.165, 1.54) is 0 Å². The van der Waals surface area contributed by atoms with E-state index in [2.05, 4.69) is 24.3 Å². The minimum absolute atomic E-state index is 0.00517. The maximum Gasteiger partial charge on any atom is 0.247 e. The fraction of sp³-hybridized carbons (Fsp3) is 0.357. The van der Waals surface area contributed by atoms with Crippen LogP contribution < -0.4 is 4.90 Å². The van der Waals surface area contributed by atoms with Gasteiger partial charge in [0.25, 0.3) is 0 Å². The number of anilines is 1. The average molecular weight is 671 g/mol. The number of methoxy groups -OCH3 is 2. The quantitative estimate of drug-likeness (QED) is 0.190. The van der Waals surface area contributed by atoms with Crippen molar-refractivity contribution in [1.29, 1.82) is 0 Å². The number of nitrogens with zero attached hydrogens (tertiary/aromatic N) is 2. The van der Waals surface area contributed by atoms with Gasteiger partial charge < -0.3 is 19.1 Å².